The fraction of sp³-hybridized carbons (Fsp3) is 0.381. The second-order valence-electron chi connectivity index (χ2n) is 7.01. The van der Waals surface area contributed by atoms with Gasteiger partial charge >= 0.3 is 0 Å². The molecule has 1 aliphatic heterocycles. The summed E-state index contributed by atoms with van der Waals surface area (Å²) in [5, 5.41) is 7.01. The zero-order chi connectivity index (χ0) is 20.2. The molecule has 7 nitrogen and oxygen atoms in total. The van der Waals surface area contributed by atoms with Gasteiger partial charge in [-0.3, -0.25) is 14.7 Å². The van der Waals surface area contributed by atoms with Crippen LogP contribution >= 0.6 is 11.3 Å². The molecule has 0 bridgehead atoms. The Morgan fingerprint density at radius 2 is 2.17 bits per heavy atom. The van der Waals surface area contributed by atoms with Crippen LogP contribution < -0.4 is 15.4 Å². The maximum Gasteiger partial charge on any atom is 0.269 e. The minimum Gasteiger partial charge on any atom is -0.457 e. The molecule has 0 radical (unpaired) electrons. The molecule has 4 rings (SSSR count). The van der Waals surface area contributed by atoms with Crippen LogP contribution in [0, 0.1) is 0 Å². The third-order valence-electron chi connectivity index (χ3n) is 5.18. The van der Waals surface area contributed by atoms with Crippen LogP contribution in [0.1, 0.15) is 30.3 Å². The van der Waals surface area contributed by atoms with Gasteiger partial charge in [0, 0.05) is 38.0 Å². The Morgan fingerprint density at radius 3 is 3.00 bits per heavy atom. The van der Waals surface area contributed by atoms with E-state index in [9.17, 15) is 4.79 Å². The topological polar surface area (TPSA) is 79.4 Å². The number of likely N-dealkylation sites (tertiary alicyclic amines) is 1. The first-order chi connectivity index (χ1) is 14.2. The average Bonchev–Trinajstić information content (AvgIpc) is 3.37. The molecule has 0 saturated carbocycles. The number of fused-ring (bicyclic) bond motifs is 1. The number of aromatic nitrogens is 2. The number of carbonyl (C=O) groups excluding carboxylic acids is 1. The van der Waals surface area contributed by atoms with Crippen molar-refractivity contribution in [3.63, 3.8) is 0 Å². The molecule has 1 aromatic carbocycles. The number of hydrogen-bond donors (Lipinski definition) is 2. The molecule has 0 spiro atoms. The van der Waals surface area contributed by atoms with Crippen molar-refractivity contribution in [2.45, 2.75) is 25.8 Å². The SMILES string of the molecule is CCN1CCCC1CNc1nc2ccc(Oc3ccnc(C(=O)NC)c3)cc2s1. The smallest absolute Gasteiger partial charge is 0.269 e. The molecule has 8 heteroatoms. The van der Waals surface area contributed by atoms with E-state index < -0.39 is 0 Å². The van der Waals surface area contributed by atoms with Gasteiger partial charge in [-0.1, -0.05) is 18.3 Å². The highest BCUT2D eigenvalue weighted by Gasteiger charge is 2.22. The van der Waals surface area contributed by atoms with Crippen LogP contribution in [0.3, 0.4) is 0 Å². The Hall–Kier alpha value is -2.71. The zero-order valence-electron chi connectivity index (χ0n) is 16.6. The van der Waals surface area contributed by atoms with Gasteiger partial charge in [0.15, 0.2) is 5.13 Å². The summed E-state index contributed by atoms with van der Waals surface area (Å²) in [7, 11) is 1.58. The number of benzene rings is 1. The van der Waals surface area contributed by atoms with Crippen molar-refractivity contribution in [3.8, 4) is 11.5 Å². The molecule has 1 atom stereocenters. The van der Waals surface area contributed by atoms with Crippen molar-refractivity contribution in [1.82, 2.24) is 20.2 Å². The Kier molecular flexibility index (Phi) is 5.92. The zero-order valence-corrected chi connectivity index (χ0v) is 17.5. The number of nitrogens with zero attached hydrogens (tertiary/aromatic N) is 3. The molecule has 1 amide bonds. The highest BCUT2D eigenvalue weighted by Crippen LogP contribution is 2.31. The van der Waals surface area contributed by atoms with Crippen molar-refractivity contribution in [3.05, 3.63) is 42.2 Å². The predicted molar refractivity (Wildman–Crippen MR) is 116 cm³/mol. The number of nitrogens with one attached hydrogen (secondary N) is 2. The molecule has 1 fully saturated rings. The van der Waals surface area contributed by atoms with Crippen LogP contribution in [0.4, 0.5) is 5.13 Å². The van der Waals surface area contributed by atoms with Crippen LogP contribution in [0.5, 0.6) is 11.5 Å². The third kappa shape index (κ3) is 4.49. The Bertz CT molecular complexity index is 1010. The van der Waals surface area contributed by atoms with Gasteiger partial charge in [-0.05, 0) is 44.1 Å². The number of rotatable bonds is 7. The van der Waals surface area contributed by atoms with Crippen molar-refractivity contribution in [2.75, 3.05) is 32.0 Å². The summed E-state index contributed by atoms with van der Waals surface area (Å²) in [5.41, 5.74) is 1.27. The first-order valence-corrected chi connectivity index (χ1v) is 10.7. The van der Waals surface area contributed by atoms with Crippen molar-refractivity contribution in [2.24, 2.45) is 0 Å². The van der Waals surface area contributed by atoms with Gasteiger partial charge in [-0.25, -0.2) is 4.98 Å². The normalized spacial score (nSPS) is 16.8. The third-order valence-corrected chi connectivity index (χ3v) is 6.16. The standard InChI is InChI=1S/C21H25N5O2S/c1-3-26-10-4-5-14(26)13-24-21-25-17-7-6-15(12-19(17)29-21)28-16-8-9-23-18(11-16)20(27)22-2/h6-9,11-12,14H,3-5,10,13H2,1-2H3,(H,22,27)(H,24,25). The number of carbonyl (C=O) groups is 1. The molecule has 2 N–H and O–H groups in total. The van der Waals surface area contributed by atoms with Gasteiger partial charge in [-0.2, -0.15) is 0 Å². The molecular weight excluding hydrogens is 386 g/mol. The van der Waals surface area contributed by atoms with Gasteiger partial charge in [0.1, 0.15) is 17.2 Å². The number of thiazole rings is 1. The molecule has 152 valence electrons. The second kappa shape index (κ2) is 8.75. The number of anilines is 1. The first kappa shape index (κ1) is 19.6. The summed E-state index contributed by atoms with van der Waals surface area (Å²) in [6, 6.07) is 9.78. The molecule has 1 saturated heterocycles. The quantitative estimate of drug-likeness (QED) is 0.617. The summed E-state index contributed by atoms with van der Waals surface area (Å²) < 4.78 is 6.99. The van der Waals surface area contributed by atoms with E-state index in [4.69, 9.17) is 9.72 Å². The van der Waals surface area contributed by atoms with Gasteiger partial charge in [-0.15, -0.1) is 0 Å². The van der Waals surface area contributed by atoms with E-state index in [0.29, 0.717) is 23.2 Å². The highest BCUT2D eigenvalue weighted by atomic mass is 32.1. The fourth-order valence-corrected chi connectivity index (χ4v) is 4.56. The van der Waals surface area contributed by atoms with Crippen LogP contribution in [0.2, 0.25) is 0 Å². The molecular formula is C21H25N5O2S. The van der Waals surface area contributed by atoms with E-state index in [2.05, 4.69) is 27.4 Å². The lowest BCUT2D eigenvalue weighted by Crippen LogP contribution is -2.34. The minimum absolute atomic E-state index is 0.243. The lowest BCUT2D eigenvalue weighted by Gasteiger charge is -2.22. The molecule has 3 heterocycles. The van der Waals surface area contributed by atoms with Gasteiger partial charge < -0.3 is 15.4 Å². The van der Waals surface area contributed by atoms with Gasteiger partial charge in [0.25, 0.3) is 5.91 Å². The number of hydrogen-bond acceptors (Lipinski definition) is 7. The molecule has 2 aromatic heterocycles. The van der Waals surface area contributed by atoms with Crippen molar-refractivity contribution in [1.29, 1.82) is 0 Å². The maximum absolute atomic E-state index is 11.7. The molecule has 3 aromatic rings. The van der Waals surface area contributed by atoms with E-state index in [1.54, 1.807) is 36.7 Å². The number of ether oxygens (including phenoxy) is 1. The van der Waals surface area contributed by atoms with Gasteiger partial charge in [0.2, 0.25) is 0 Å². The Labute approximate surface area is 174 Å². The van der Waals surface area contributed by atoms with Gasteiger partial charge in [0.05, 0.1) is 10.2 Å². The summed E-state index contributed by atoms with van der Waals surface area (Å²) in [6.45, 7) is 5.44. The van der Waals surface area contributed by atoms with Crippen LogP contribution in [-0.2, 0) is 0 Å². The second-order valence-corrected chi connectivity index (χ2v) is 8.04. The molecule has 0 aliphatic carbocycles. The summed E-state index contributed by atoms with van der Waals surface area (Å²) in [4.78, 5) is 23.0. The number of likely N-dealkylation sites (N-methyl/N-ethyl adjacent to an activating group) is 1. The Morgan fingerprint density at radius 1 is 1.31 bits per heavy atom. The summed E-state index contributed by atoms with van der Waals surface area (Å²) in [6.07, 6.45) is 4.08. The highest BCUT2D eigenvalue weighted by molar-refractivity contribution is 7.22. The average molecular weight is 412 g/mol. The lowest BCUT2D eigenvalue weighted by atomic mass is 10.2. The molecule has 29 heavy (non-hydrogen) atoms. The van der Waals surface area contributed by atoms with E-state index in [1.165, 1.54) is 19.4 Å². The first-order valence-electron chi connectivity index (χ1n) is 9.90. The largest absolute Gasteiger partial charge is 0.457 e. The van der Waals surface area contributed by atoms with Crippen molar-refractivity contribution >= 4 is 32.6 Å². The van der Waals surface area contributed by atoms with Crippen molar-refractivity contribution < 1.29 is 9.53 Å². The maximum atomic E-state index is 11.7. The van der Waals surface area contributed by atoms with Crippen LogP contribution in [0.25, 0.3) is 10.2 Å². The molecule has 1 unspecified atom stereocenters. The van der Waals surface area contributed by atoms with Crippen LogP contribution in [0.15, 0.2) is 36.5 Å². The van der Waals surface area contributed by atoms with E-state index >= 15 is 0 Å². The summed E-state index contributed by atoms with van der Waals surface area (Å²) >= 11 is 1.63. The number of amides is 1. The van der Waals surface area contributed by atoms with E-state index in [1.807, 2.05) is 18.2 Å². The van der Waals surface area contributed by atoms with E-state index in [0.717, 1.165) is 28.4 Å². The minimum atomic E-state index is -0.243. The Balaban J connectivity index is 1.45. The summed E-state index contributed by atoms with van der Waals surface area (Å²) in [5.74, 6) is 1.03. The molecule has 1 aliphatic rings. The fourth-order valence-electron chi connectivity index (χ4n) is 3.65. The lowest BCUT2D eigenvalue weighted by molar-refractivity contribution is 0.0958. The predicted octanol–water partition coefficient (Wildman–Crippen LogP) is 3.74. The van der Waals surface area contributed by atoms with E-state index in [-0.39, 0.29) is 5.91 Å². The monoisotopic (exact) mass is 411 g/mol. The number of pyridine rings is 1. The van der Waals surface area contributed by atoms with Crippen LogP contribution in [-0.4, -0.2) is 53.5 Å².